The van der Waals surface area contributed by atoms with E-state index in [1.807, 2.05) is 0 Å². The van der Waals surface area contributed by atoms with Crippen LogP contribution >= 0.6 is 0 Å². The van der Waals surface area contributed by atoms with Crippen molar-refractivity contribution in [3.05, 3.63) is 30.3 Å². The molecule has 0 aromatic heterocycles. The quantitative estimate of drug-likeness (QED) is 0.704. The Morgan fingerprint density at radius 3 is 2.21 bits per heavy atom. The van der Waals surface area contributed by atoms with Crippen molar-refractivity contribution in [3.8, 4) is 0 Å². The Hall–Kier alpha value is -2.57. The van der Waals surface area contributed by atoms with Gasteiger partial charge in [-0.15, -0.1) is 0 Å². The number of hydrogen-bond acceptors (Lipinski definition) is 3. The summed E-state index contributed by atoms with van der Waals surface area (Å²) in [6, 6.07) is 7.64. The summed E-state index contributed by atoms with van der Waals surface area (Å²) in [5, 5.41) is 19.6. The number of nitrogens with zero attached hydrogens (tertiary/aromatic N) is 1. The Balaban J connectivity index is 2.71. The van der Waals surface area contributed by atoms with E-state index in [0.29, 0.717) is 5.69 Å². The van der Waals surface area contributed by atoms with Crippen LogP contribution in [0.15, 0.2) is 30.3 Å². The van der Waals surface area contributed by atoms with Crippen LogP contribution in [0.25, 0.3) is 0 Å². The Kier molecular flexibility index (Phi) is 5.34. The number of amides is 2. The number of carbonyl (C=O) groups excluding carboxylic acids is 1. The standard InChI is InChI=1S/C12H14N2O5/c15-10(16)6-7-13-12(19)14(8-11(17)18)9-4-2-1-3-5-9/h1-5H,6-8H2,(H,13,19)(H,15,16)(H,17,18). The van der Waals surface area contributed by atoms with E-state index in [1.54, 1.807) is 30.3 Å². The molecule has 0 radical (unpaired) electrons. The number of carbonyl (C=O) groups is 3. The lowest BCUT2D eigenvalue weighted by atomic mass is 10.3. The predicted octanol–water partition coefficient (Wildman–Crippen LogP) is 0.762. The van der Waals surface area contributed by atoms with Gasteiger partial charge >= 0.3 is 18.0 Å². The highest BCUT2D eigenvalue weighted by Gasteiger charge is 2.18. The first-order valence-electron chi connectivity index (χ1n) is 5.54. The summed E-state index contributed by atoms with van der Waals surface area (Å²) in [4.78, 5) is 33.9. The first-order chi connectivity index (χ1) is 9.00. The fourth-order valence-electron chi connectivity index (χ4n) is 1.40. The minimum absolute atomic E-state index is 0.0584. The van der Waals surface area contributed by atoms with E-state index in [4.69, 9.17) is 10.2 Å². The smallest absolute Gasteiger partial charge is 0.323 e. The Morgan fingerprint density at radius 2 is 1.68 bits per heavy atom. The summed E-state index contributed by atoms with van der Waals surface area (Å²) in [6.07, 6.45) is -0.221. The summed E-state index contributed by atoms with van der Waals surface area (Å²) >= 11 is 0. The lowest BCUT2D eigenvalue weighted by Gasteiger charge is -2.21. The summed E-state index contributed by atoms with van der Waals surface area (Å²) in [6.45, 7) is -0.556. The molecule has 7 nitrogen and oxygen atoms in total. The molecule has 0 aliphatic heterocycles. The number of nitrogens with one attached hydrogen (secondary N) is 1. The summed E-state index contributed by atoms with van der Waals surface area (Å²) in [5.41, 5.74) is 0.428. The van der Waals surface area contributed by atoms with Gasteiger partial charge in [-0.2, -0.15) is 0 Å². The van der Waals surface area contributed by atoms with Crippen LogP contribution in [-0.2, 0) is 9.59 Å². The van der Waals surface area contributed by atoms with Crippen LogP contribution < -0.4 is 10.2 Å². The molecule has 0 saturated heterocycles. The molecule has 7 heteroatoms. The van der Waals surface area contributed by atoms with Crippen molar-refractivity contribution < 1.29 is 24.6 Å². The fraction of sp³-hybridized carbons (Fsp3) is 0.250. The highest BCUT2D eigenvalue weighted by Crippen LogP contribution is 2.12. The number of aliphatic carboxylic acids is 2. The molecule has 0 unspecified atom stereocenters. The third-order valence-electron chi connectivity index (χ3n) is 2.22. The van der Waals surface area contributed by atoms with Crippen molar-refractivity contribution in [1.82, 2.24) is 5.32 Å². The molecule has 0 aliphatic rings. The molecule has 1 rings (SSSR count). The fourth-order valence-corrected chi connectivity index (χ4v) is 1.40. The molecule has 0 spiro atoms. The zero-order valence-electron chi connectivity index (χ0n) is 10.1. The molecule has 0 fully saturated rings. The van der Waals surface area contributed by atoms with Gasteiger partial charge in [0.2, 0.25) is 0 Å². The average Bonchev–Trinajstić information content (AvgIpc) is 2.36. The summed E-state index contributed by atoms with van der Waals surface area (Å²) < 4.78 is 0. The molecule has 0 saturated carbocycles. The predicted molar refractivity (Wildman–Crippen MR) is 67.1 cm³/mol. The third kappa shape index (κ3) is 5.07. The summed E-state index contributed by atoms with van der Waals surface area (Å²) in [7, 11) is 0. The van der Waals surface area contributed by atoms with E-state index in [2.05, 4.69) is 5.32 Å². The third-order valence-corrected chi connectivity index (χ3v) is 2.22. The molecular formula is C12H14N2O5. The van der Waals surface area contributed by atoms with Gasteiger partial charge in [0.1, 0.15) is 6.54 Å². The van der Waals surface area contributed by atoms with Crippen LogP contribution in [0.3, 0.4) is 0 Å². The van der Waals surface area contributed by atoms with E-state index in [0.717, 1.165) is 4.90 Å². The van der Waals surface area contributed by atoms with Crippen molar-refractivity contribution in [2.45, 2.75) is 6.42 Å². The normalized spacial score (nSPS) is 9.68. The summed E-state index contributed by atoms with van der Waals surface area (Å²) in [5.74, 6) is -2.19. The zero-order chi connectivity index (χ0) is 14.3. The van der Waals surface area contributed by atoms with Crippen molar-refractivity contribution in [3.63, 3.8) is 0 Å². The molecule has 0 bridgehead atoms. The SMILES string of the molecule is O=C(O)CCNC(=O)N(CC(=O)O)c1ccccc1. The van der Waals surface area contributed by atoms with Gasteiger partial charge in [0.25, 0.3) is 0 Å². The van der Waals surface area contributed by atoms with Crippen LogP contribution in [0.2, 0.25) is 0 Å². The second kappa shape index (κ2) is 7.00. The Morgan fingerprint density at radius 1 is 1.05 bits per heavy atom. The molecule has 0 atom stereocenters. The number of carboxylic acid groups (broad SMARTS) is 2. The van der Waals surface area contributed by atoms with E-state index in [1.165, 1.54) is 0 Å². The van der Waals surface area contributed by atoms with Gasteiger partial charge in [-0.25, -0.2) is 4.79 Å². The topological polar surface area (TPSA) is 107 Å². The van der Waals surface area contributed by atoms with Gasteiger partial charge in [0.05, 0.1) is 6.42 Å². The molecule has 0 aliphatic carbocycles. The minimum Gasteiger partial charge on any atom is -0.481 e. The van der Waals surface area contributed by atoms with Gasteiger partial charge < -0.3 is 15.5 Å². The number of urea groups is 1. The first-order valence-corrected chi connectivity index (χ1v) is 5.54. The van der Waals surface area contributed by atoms with Crippen LogP contribution in [0.1, 0.15) is 6.42 Å². The molecule has 1 aromatic rings. The molecule has 102 valence electrons. The highest BCUT2D eigenvalue weighted by molar-refractivity contribution is 5.96. The van der Waals surface area contributed by atoms with Crippen molar-refractivity contribution in [2.24, 2.45) is 0 Å². The van der Waals surface area contributed by atoms with E-state index in [-0.39, 0.29) is 13.0 Å². The lowest BCUT2D eigenvalue weighted by Crippen LogP contribution is -2.43. The Labute approximate surface area is 109 Å². The van der Waals surface area contributed by atoms with Gasteiger partial charge in [-0.05, 0) is 12.1 Å². The van der Waals surface area contributed by atoms with Crippen LogP contribution in [0, 0.1) is 0 Å². The minimum atomic E-state index is -1.16. The molecule has 19 heavy (non-hydrogen) atoms. The number of para-hydroxylation sites is 1. The van der Waals surface area contributed by atoms with E-state index >= 15 is 0 Å². The molecule has 1 aromatic carbocycles. The van der Waals surface area contributed by atoms with Crippen LogP contribution in [-0.4, -0.2) is 41.3 Å². The maximum absolute atomic E-state index is 11.8. The van der Waals surface area contributed by atoms with Crippen LogP contribution in [0.5, 0.6) is 0 Å². The highest BCUT2D eigenvalue weighted by atomic mass is 16.4. The average molecular weight is 266 g/mol. The number of benzene rings is 1. The monoisotopic (exact) mass is 266 g/mol. The molecular weight excluding hydrogens is 252 g/mol. The number of anilines is 1. The second-order valence-corrected chi connectivity index (χ2v) is 3.69. The molecule has 2 amide bonds. The van der Waals surface area contributed by atoms with Gasteiger partial charge in [-0.1, -0.05) is 18.2 Å². The zero-order valence-corrected chi connectivity index (χ0v) is 10.1. The number of carboxylic acids is 2. The van der Waals surface area contributed by atoms with Gasteiger partial charge in [0.15, 0.2) is 0 Å². The van der Waals surface area contributed by atoms with Crippen molar-refractivity contribution >= 4 is 23.7 Å². The van der Waals surface area contributed by atoms with Gasteiger partial charge in [-0.3, -0.25) is 14.5 Å². The van der Waals surface area contributed by atoms with Gasteiger partial charge in [0, 0.05) is 12.2 Å². The number of rotatable bonds is 6. The maximum atomic E-state index is 11.8. The second-order valence-electron chi connectivity index (χ2n) is 3.69. The van der Waals surface area contributed by atoms with Crippen molar-refractivity contribution in [2.75, 3.05) is 18.0 Å². The molecule has 3 N–H and O–H groups in total. The maximum Gasteiger partial charge on any atom is 0.323 e. The first kappa shape index (κ1) is 14.5. The molecule has 0 heterocycles. The largest absolute Gasteiger partial charge is 0.481 e. The number of hydrogen-bond donors (Lipinski definition) is 3. The van der Waals surface area contributed by atoms with E-state index in [9.17, 15) is 14.4 Å². The Bertz CT molecular complexity index is 460. The van der Waals surface area contributed by atoms with Crippen LogP contribution in [0.4, 0.5) is 10.5 Å². The lowest BCUT2D eigenvalue weighted by molar-refractivity contribution is -0.137. The van der Waals surface area contributed by atoms with Crippen molar-refractivity contribution in [1.29, 1.82) is 0 Å². The van der Waals surface area contributed by atoms with E-state index < -0.39 is 24.5 Å².